The smallest absolute Gasteiger partial charge is 0.222 e. The van der Waals surface area contributed by atoms with E-state index in [4.69, 9.17) is 0 Å². The van der Waals surface area contributed by atoms with Gasteiger partial charge in [0, 0.05) is 36.1 Å². The van der Waals surface area contributed by atoms with Gasteiger partial charge >= 0.3 is 0 Å². The first-order valence-corrected chi connectivity index (χ1v) is 7.30. The minimum absolute atomic E-state index is 0.171. The van der Waals surface area contributed by atoms with Gasteiger partial charge in [0.1, 0.15) is 11.0 Å². The second-order valence-electron chi connectivity index (χ2n) is 4.55. The number of thiazole rings is 1. The molecule has 0 saturated heterocycles. The average Bonchev–Trinajstić information content (AvgIpc) is 3.17. The Balaban J connectivity index is 1.78. The normalized spacial score (nSPS) is 17.5. The Morgan fingerprint density at radius 2 is 2.35 bits per heavy atom. The highest BCUT2D eigenvalue weighted by Gasteiger charge is 2.26. The second-order valence-corrected chi connectivity index (χ2v) is 5.47. The Morgan fingerprint density at radius 1 is 1.35 bits per heavy atom. The Morgan fingerprint density at radius 3 is 3.15 bits per heavy atom. The van der Waals surface area contributed by atoms with Crippen molar-refractivity contribution in [2.75, 3.05) is 11.9 Å². The second kappa shape index (κ2) is 4.68. The van der Waals surface area contributed by atoms with Crippen molar-refractivity contribution in [2.45, 2.75) is 12.5 Å². The summed E-state index contributed by atoms with van der Waals surface area (Å²) < 4.78 is 1.94. The number of rotatable bonds is 2. The maximum Gasteiger partial charge on any atom is 0.222 e. The minimum Gasteiger partial charge on any atom is -0.354 e. The number of pyridine rings is 1. The quantitative estimate of drug-likeness (QED) is 0.781. The maximum atomic E-state index is 4.63. The van der Waals surface area contributed by atoms with Crippen LogP contribution in [0.4, 0.5) is 5.95 Å². The van der Waals surface area contributed by atoms with Gasteiger partial charge in [-0.15, -0.1) is 16.4 Å². The van der Waals surface area contributed by atoms with Crippen LogP contribution in [0.3, 0.4) is 0 Å². The van der Waals surface area contributed by atoms with Crippen LogP contribution >= 0.6 is 11.3 Å². The van der Waals surface area contributed by atoms with Crippen molar-refractivity contribution in [1.82, 2.24) is 24.7 Å². The van der Waals surface area contributed by atoms with Gasteiger partial charge in [0.15, 0.2) is 5.82 Å². The monoisotopic (exact) mass is 284 g/mol. The third-order valence-corrected chi connectivity index (χ3v) is 4.16. The highest BCUT2D eigenvalue weighted by molar-refractivity contribution is 7.09. The Kier molecular flexibility index (Phi) is 2.70. The Labute approximate surface area is 119 Å². The van der Waals surface area contributed by atoms with Crippen molar-refractivity contribution in [3.05, 3.63) is 41.1 Å². The zero-order valence-electron chi connectivity index (χ0n) is 10.6. The van der Waals surface area contributed by atoms with Crippen LogP contribution in [0.25, 0.3) is 11.4 Å². The Hall–Kier alpha value is -2.28. The topological polar surface area (TPSA) is 68.5 Å². The molecule has 7 heteroatoms. The maximum absolute atomic E-state index is 4.63. The van der Waals surface area contributed by atoms with Crippen LogP contribution in [0.2, 0.25) is 0 Å². The van der Waals surface area contributed by atoms with Gasteiger partial charge in [-0.3, -0.25) is 4.98 Å². The van der Waals surface area contributed by atoms with Gasteiger partial charge in [0.25, 0.3) is 0 Å². The summed E-state index contributed by atoms with van der Waals surface area (Å²) in [6.45, 7) is 0.884. The molecule has 0 radical (unpaired) electrons. The molecule has 0 amide bonds. The fourth-order valence-corrected chi connectivity index (χ4v) is 3.11. The molecule has 0 saturated carbocycles. The van der Waals surface area contributed by atoms with Crippen molar-refractivity contribution < 1.29 is 0 Å². The van der Waals surface area contributed by atoms with Crippen LogP contribution in [-0.2, 0) is 0 Å². The van der Waals surface area contributed by atoms with E-state index < -0.39 is 0 Å². The molecule has 0 spiro atoms. The summed E-state index contributed by atoms with van der Waals surface area (Å²) in [5, 5.41) is 11.0. The van der Waals surface area contributed by atoms with Gasteiger partial charge in [-0.2, -0.15) is 4.98 Å². The number of hydrogen-bond donors (Lipinski definition) is 1. The molecule has 0 bridgehead atoms. The molecule has 0 fully saturated rings. The van der Waals surface area contributed by atoms with E-state index in [0.29, 0.717) is 5.82 Å². The Bertz CT molecular complexity index is 706. The van der Waals surface area contributed by atoms with Crippen LogP contribution in [0.15, 0.2) is 36.1 Å². The van der Waals surface area contributed by atoms with Crippen molar-refractivity contribution >= 4 is 17.3 Å². The van der Waals surface area contributed by atoms with E-state index in [1.807, 2.05) is 28.4 Å². The average molecular weight is 284 g/mol. The summed E-state index contributed by atoms with van der Waals surface area (Å²) in [5.74, 6) is 1.50. The van der Waals surface area contributed by atoms with Gasteiger partial charge in [0.2, 0.25) is 5.95 Å². The third kappa shape index (κ3) is 1.87. The fraction of sp³-hybridized carbons (Fsp3) is 0.231. The molecular weight excluding hydrogens is 272 g/mol. The van der Waals surface area contributed by atoms with Gasteiger partial charge in [-0.25, -0.2) is 9.67 Å². The predicted molar refractivity (Wildman–Crippen MR) is 76.6 cm³/mol. The van der Waals surface area contributed by atoms with E-state index in [0.717, 1.165) is 29.5 Å². The van der Waals surface area contributed by atoms with E-state index in [1.54, 1.807) is 23.7 Å². The van der Waals surface area contributed by atoms with Crippen molar-refractivity contribution in [1.29, 1.82) is 0 Å². The molecular formula is C13H12N6S. The molecule has 6 nitrogen and oxygen atoms in total. The fourth-order valence-electron chi connectivity index (χ4n) is 2.35. The number of hydrogen-bond acceptors (Lipinski definition) is 6. The molecule has 1 aliphatic heterocycles. The summed E-state index contributed by atoms with van der Waals surface area (Å²) in [7, 11) is 0. The largest absolute Gasteiger partial charge is 0.354 e. The van der Waals surface area contributed by atoms with Gasteiger partial charge < -0.3 is 5.32 Å². The minimum atomic E-state index is 0.171. The van der Waals surface area contributed by atoms with Gasteiger partial charge in [0.05, 0.1) is 0 Å². The van der Waals surface area contributed by atoms with E-state index in [-0.39, 0.29) is 6.04 Å². The number of anilines is 1. The lowest BCUT2D eigenvalue weighted by Crippen LogP contribution is -2.24. The molecule has 3 aromatic rings. The third-order valence-electron chi connectivity index (χ3n) is 3.28. The van der Waals surface area contributed by atoms with Gasteiger partial charge in [-0.05, 0) is 18.6 Å². The molecule has 1 unspecified atom stereocenters. The van der Waals surface area contributed by atoms with Crippen LogP contribution in [0.5, 0.6) is 0 Å². The van der Waals surface area contributed by atoms with Crippen LogP contribution in [-0.4, -0.2) is 31.3 Å². The molecule has 20 heavy (non-hydrogen) atoms. The predicted octanol–water partition coefficient (Wildman–Crippen LogP) is 2.20. The SMILES string of the molecule is c1cncc(-c2nc3n(n2)C(c2nccs2)CCN3)c1. The molecule has 4 heterocycles. The highest BCUT2D eigenvalue weighted by Crippen LogP contribution is 2.30. The van der Waals surface area contributed by atoms with Gasteiger partial charge in [-0.1, -0.05) is 0 Å². The first-order chi connectivity index (χ1) is 9.92. The zero-order chi connectivity index (χ0) is 13.4. The number of aromatic nitrogens is 5. The van der Waals surface area contributed by atoms with Crippen molar-refractivity contribution in [2.24, 2.45) is 0 Å². The van der Waals surface area contributed by atoms with E-state index in [9.17, 15) is 0 Å². The molecule has 0 aromatic carbocycles. The molecule has 0 aliphatic carbocycles. The lowest BCUT2D eigenvalue weighted by molar-refractivity contribution is 0.479. The van der Waals surface area contributed by atoms with Crippen LogP contribution < -0.4 is 5.32 Å². The lowest BCUT2D eigenvalue weighted by Gasteiger charge is -2.22. The van der Waals surface area contributed by atoms with Crippen molar-refractivity contribution in [3.8, 4) is 11.4 Å². The summed E-state index contributed by atoms with van der Waals surface area (Å²) in [5.41, 5.74) is 0.925. The molecule has 1 aliphatic rings. The van der Waals surface area contributed by atoms with E-state index >= 15 is 0 Å². The summed E-state index contributed by atoms with van der Waals surface area (Å²) in [4.78, 5) is 13.1. The van der Waals surface area contributed by atoms with E-state index in [1.165, 1.54) is 0 Å². The number of nitrogens with zero attached hydrogens (tertiary/aromatic N) is 5. The highest BCUT2D eigenvalue weighted by atomic mass is 32.1. The first kappa shape index (κ1) is 11.5. The molecule has 3 aromatic heterocycles. The molecule has 4 rings (SSSR count). The molecule has 1 atom stereocenters. The number of fused-ring (bicyclic) bond motifs is 1. The summed E-state index contributed by atoms with van der Waals surface area (Å²) in [6, 6.07) is 4.03. The standard InChI is InChI=1S/C13H12N6S/c1-2-9(8-14-4-1)11-17-13-16-5-3-10(19(13)18-11)12-15-6-7-20-12/h1-2,4,6-8,10H,3,5H2,(H,16,17,18). The van der Waals surface area contributed by atoms with Crippen molar-refractivity contribution in [3.63, 3.8) is 0 Å². The summed E-state index contributed by atoms with van der Waals surface area (Å²) in [6.07, 6.45) is 6.33. The molecule has 1 N–H and O–H groups in total. The zero-order valence-corrected chi connectivity index (χ0v) is 11.4. The first-order valence-electron chi connectivity index (χ1n) is 6.42. The summed E-state index contributed by atoms with van der Waals surface area (Å²) >= 11 is 1.66. The van der Waals surface area contributed by atoms with Crippen LogP contribution in [0.1, 0.15) is 17.5 Å². The lowest BCUT2D eigenvalue weighted by atomic mass is 10.2. The number of nitrogens with one attached hydrogen (secondary N) is 1. The van der Waals surface area contributed by atoms with Crippen LogP contribution in [0, 0.1) is 0 Å². The van der Waals surface area contributed by atoms with E-state index in [2.05, 4.69) is 25.4 Å². The molecule has 100 valence electrons.